The summed E-state index contributed by atoms with van der Waals surface area (Å²) >= 11 is 1.60. The smallest absolute Gasteiger partial charge is 0.315 e. The van der Waals surface area contributed by atoms with E-state index in [1.54, 1.807) is 11.3 Å². The lowest BCUT2D eigenvalue weighted by Gasteiger charge is -2.28. The van der Waals surface area contributed by atoms with Gasteiger partial charge in [-0.1, -0.05) is 24.3 Å². The number of rotatable bonds is 5. The molecule has 3 rings (SSSR count). The summed E-state index contributed by atoms with van der Waals surface area (Å²) in [5.74, 6) is 0. The van der Waals surface area contributed by atoms with Gasteiger partial charge in [0.15, 0.2) is 0 Å². The highest BCUT2D eigenvalue weighted by Crippen LogP contribution is 2.17. The minimum absolute atomic E-state index is 0.131. The minimum Gasteiger partial charge on any atom is -0.337 e. The molecule has 0 unspecified atom stereocenters. The third kappa shape index (κ3) is 4.53. The van der Waals surface area contributed by atoms with E-state index in [4.69, 9.17) is 0 Å². The van der Waals surface area contributed by atoms with Crippen LogP contribution in [0.5, 0.6) is 0 Å². The third-order valence-corrected chi connectivity index (χ3v) is 4.84. The Morgan fingerprint density at radius 2 is 2.13 bits per heavy atom. The van der Waals surface area contributed by atoms with E-state index in [1.807, 2.05) is 12.3 Å². The van der Waals surface area contributed by atoms with E-state index in [1.165, 1.54) is 11.1 Å². The minimum atomic E-state index is -0.131. The average Bonchev–Trinajstić information content (AvgIpc) is 2.98. The summed E-state index contributed by atoms with van der Waals surface area (Å²) < 4.78 is 0. The molecule has 0 bridgehead atoms. The topological polar surface area (TPSA) is 57.3 Å². The van der Waals surface area contributed by atoms with Crippen molar-refractivity contribution in [3.05, 3.63) is 51.5 Å². The number of hydrogen-bond donors (Lipinski definition) is 2. The Morgan fingerprint density at radius 1 is 1.30 bits per heavy atom. The maximum atomic E-state index is 11.8. The molecule has 0 fully saturated rings. The van der Waals surface area contributed by atoms with E-state index < -0.39 is 0 Å². The fourth-order valence-electron chi connectivity index (χ4n) is 2.80. The zero-order valence-corrected chi connectivity index (χ0v) is 14.2. The molecule has 1 aromatic heterocycles. The van der Waals surface area contributed by atoms with Gasteiger partial charge in [-0.3, -0.25) is 4.90 Å². The van der Waals surface area contributed by atoms with Gasteiger partial charge in [0.2, 0.25) is 0 Å². The number of benzene rings is 1. The monoisotopic (exact) mass is 330 g/mol. The molecule has 5 nitrogen and oxygen atoms in total. The number of thiazole rings is 1. The van der Waals surface area contributed by atoms with E-state index in [-0.39, 0.29) is 6.03 Å². The van der Waals surface area contributed by atoms with Gasteiger partial charge in [0.25, 0.3) is 0 Å². The second-order valence-electron chi connectivity index (χ2n) is 5.76. The zero-order chi connectivity index (χ0) is 16.1. The van der Waals surface area contributed by atoms with Gasteiger partial charge < -0.3 is 10.6 Å². The first-order valence-electron chi connectivity index (χ1n) is 7.92. The number of urea groups is 1. The molecule has 122 valence electrons. The molecule has 0 spiro atoms. The highest BCUT2D eigenvalue weighted by Gasteiger charge is 2.15. The maximum absolute atomic E-state index is 11.8. The van der Waals surface area contributed by atoms with Crippen LogP contribution in [0.1, 0.15) is 21.8 Å². The molecular weight excluding hydrogens is 308 g/mol. The second-order valence-corrected chi connectivity index (χ2v) is 6.82. The molecule has 0 aliphatic carbocycles. The molecule has 0 saturated carbocycles. The number of carbonyl (C=O) groups excluding carboxylic acids is 1. The van der Waals surface area contributed by atoms with Crippen molar-refractivity contribution in [2.75, 3.05) is 19.6 Å². The van der Waals surface area contributed by atoms with Crippen molar-refractivity contribution >= 4 is 17.4 Å². The van der Waals surface area contributed by atoms with Crippen molar-refractivity contribution in [1.82, 2.24) is 20.5 Å². The molecular formula is C17H22N4OS. The first-order chi connectivity index (χ1) is 11.2. The second kappa shape index (κ2) is 7.57. The molecule has 0 saturated heterocycles. The maximum Gasteiger partial charge on any atom is 0.315 e. The lowest BCUT2D eigenvalue weighted by atomic mass is 10.00. The lowest BCUT2D eigenvalue weighted by molar-refractivity contribution is 0.230. The van der Waals surface area contributed by atoms with Gasteiger partial charge in [-0.05, 0) is 24.5 Å². The highest BCUT2D eigenvalue weighted by atomic mass is 32.1. The fraction of sp³-hybridized carbons (Fsp3) is 0.412. The van der Waals surface area contributed by atoms with E-state index in [9.17, 15) is 4.79 Å². The first kappa shape index (κ1) is 16.0. The molecule has 2 heterocycles. The number of amides is 2. The summed E-state index contributed by atoms with van der Waals surface area (Å²) in [6, 6.07) is 8.46. The number of fused-ring (bicyclic) bond motifs is 1. The zero-order valence-electron chi connectivity index (χ0n) is 13.3. The molecule has 6 heteroatoms. The molecule has 0 radical (unpaired) electrons. The number of nitrogens with zero attached hydrogens (tertiary/aromatic N) is 2. The standard InChI is InChI=1S/C17H22N4OS/c1-13-20-16(12-23-13)10-19-17(22)18-7-9-21-8-6-14-4-2-3-5-15(14)11-21/h2-5,12H,6-11H2,1H3,(H2,18,19,22). The first-order valence-corrected chi connectivity index (χ1v) is 8.80. The molecule has 1 aliphatic heterocycles. The fourth-order valence-corrected chi connectivity index (χ4v) is 3.41. The van der Waals surface area contributed by atoms with Gasteiger partial charge in [-0.25, -0.2) is 9.78 Å². The van der Waals surface area contributed by atoms with E-state index in [2.05, 4.69) is 44.8 Å². The summed E-state index contributed by atoms with van der Waals surface area (Å²) in [6.45, 7) is 6.00. The quantitative estimate of drug-likeness (QED) is 0.884. The normalized spacial score (nSPS) is 14.3. The van der Waals surface area contributed by atoms with Crippen LogP contribution in [0.4, 0.5) is 4.79 Å². The predicted octanol–water partition coefficient (Wildman–Crippen LogP) is 2.31. The van der Waals surface area contributed by atoms with Gasteiger partial charge in [0.1, 0.15) is 0 Å². The molecule has 1 aliphatic rings. The van der Waals surface area contributed by atoms with Crippen LogP contribution in [0.25, 0.3) is 0 Å². The van der Waals surface area contributed by atoms with Gasteiger partial charge in [0, 0.05) is 31.6 Å². The van der Waals surface area contributed by atoms with Crippen molar-refractivity contribution in [2.45, 2.75) is 26.4 Å². The van der Waals surface area contributed by atoms with Gasteiger partial charge in [0.05, 0.1) is 17.2 Å². The molecule has 1 aromatic carbocycles. The lowest BCUT2D eigenvalue weighted by Crippen LogP contribution is -2.41. The number of aryl methyl sites for hydroxylation is 1. The van der Waals surface area contributed by atoms with Gasteiger partial charge in [-0.15, -0.1) is 11.3 Å². The van der Waals surface area contributed by atoms with E-state index in [0.717, 1.165) is 36.8 Å². The Labute approximate surface area is 140 Å². The summed E-state index contributed by atoms with van der Waals surface area (Å²) in [5, 5.41) is 8.75. The molecule has 2 aromatic rings. The van der Waals surface area contributed by atoms with Crippen molar-refractivity contribution < 1.29 is 4.79 Å². The Bertz CT molecular complexity index is 670. The Kier molecular flexibility index (Phi) is 5.25. The van der Waals surface area contributed by atoms with Crippen LogP contribution in [0, 0.1) is 6.92 Å². The predicted molar refractivity (Wildman–Crippen MR) is 92.5 cm³/mol. The van der Waals surface area contributed by atoms with Crippen LogP contribution >= 0.6 is 11.3 Å². The van der Waals surface area contributed by atoms with Gasteiger partial charge >= 0.3 is 6.03 Å². The third-order valence-electron chi connectivity index (χ3n) is 4.02. The Morgan fingerprint density at radius 3 is 2.91 bits per heavy atom. The number of carbonyl (C=O) groups is 1. The van der Waals surface area contributed by atoms with Crippen LogP contribution in [0.15, 0.2) is 29.6 Å². The van der Waals surface area contributed by atoms with Crippen molar-refractivity contribution in [3.63, 3.8) is 0 Å². The summed E-state index contributed by atoms with van der Waals surface area (Å²) in [7, 11) is 0. The number of aromatic nitrogens is 1. The van der Waals surface area contributed by atoms with Crippen LogP contribution in [0.2, 0.25) is 0 Å². The molecule has 23 heavy (non-hydrogen) atoms. The van der Waals surface area contributed by atoms with E-state index in [0.29, 0.717) is 13.1 Å². The molecule has 2 N–H and O–H groups in total. The van der Waals surface area contributed by atoms with E-state index >= 15 is 0 Å². The summed E-state index contributed by atoms with van der Waals surface area (Å²) in [5.41, 5.74) is 3.77. The van der Waals surface area contributed by atoms with Crippen molar-refractivity contribution in [1.29, 1.82) is 0 Å². The Balaban J connectivity index is 1.36. The summed E-state index contributed by atoms with van der Waals surface area (Å²) in [6.07, 6.45) is 1.09. The number of hydrogen-bond acceptors (Lipinski definition) is 4. The van der Waals surface area contributed by atoms with Crippen LogP contribution in [0.3, 0.4) is 0 Å². The average molecular weight is 330 g/mol. The SMILES string of the molecule is Cc1nc(CNC(=O)NCCN2CCc3ccccc3C2)cs1. The highest BCUT2D eigenvalue weighted by molar-refractivity contribution is 7.09. The molecule has 0 atom stereocenters. The van der Waals surface area contributed by atoms with Crippen molar-refractivity contribution in [2.24, 2.45) is 0 Å². The Hall–Kier alpha value is -1.92. The summed E-state index contributed by atoms with van der Waals surface area (Å²) in [4.78, 5) is 18.5. The molecule has 2 amide bonds. The van der Waals surface area contributed by atoms with Gasteiger partial charge in [-0.2, -0.15) is 0 Å². The van der Waals surface area contributed by atoms with Crippen LogP contribution < -0.4 is 10.6 Å². The largest absolute Gasteiger partial charge is 0.337 e. The van der Waals surface area contributed by atoms with Crippen LogP contribution in [-0.4, -0.2) is 35.5 Å². The van der Waals surface area contributed by atoms with Crippen LogP contribution in [-0.2, 0) is 19.5 Å². The van der Waals surface area contributed by atoms with Crippen molar-refractivity contribution in [3.8, 4) is 0 Å². The number of nitrogens with one attached hydrogen (secondary N) is 2.